The highest BCUT2D eigenvalue weighted by Crippen LogP contribution is 2.52. The van der Waals surface area contributed by atoms with Crippen molar-refractivity contribution in [2.24, 2.45) is 16.3 Å². The van der Waals surface area contributed by atoms with Crippen molar-refractivity contribution in [1.29, 1.82) is 0 Å². The lowest BCUT2D eigenvalue weighted by molar-refractivity contribution is -0.124. The second-order valence-corrected chi connectivity index (χ2v) is 11.0. The molecule has 1 saturated carbocycles. The first kappa shape index (κ1) is 23.3. The van der Waals surface area contributed by atoms with Gasteiger partial charge in [-0.05, 0) is 48.6 Å². The molecular formula is C32H27NO4. The molecule has 2 aliphatic carbocycles. The van der Waals surface area contributed by atoms with Gasteiger partial charge in [-0.3, -0.25) is 14.6 Å². The zero-order valence-electron chi connectivity index (χ0n) is 21.1. The molecule has 5 nitrogen and oxygen atoms in total. The summed E-state index contributed by atoms with van der Waals surface area (Å²) in [6, 6.07) is 21.9. The lowest BCUT2D eigenvalue weighted by Gasteiger charge is -2.40. The maximum absolute atomic E-state index is 13.7. The van der Waals surface area contributed by atoms with E-state index in [9.17, 15) is 14.4 Å². The number of ether oxygens (including phenoxy) is 1. The summed E-state index contributed by atoms with van der Waals surface area (Å²) in [6.07, 6.45) is 1.12. The predicted molar refractivity (Wildman–Crippen MR) is 142 cm³/mol. The number of fused-ring (bicyclic) bond motifs is 3. The third-order valence-corrected chi connectivity index (χ3v) is 7.56. The Morgan fingerprint density at radius 1 is 0.892 bits per heavy atom. The van der Waals surface area contributed by atoms with E-state index in [1.165, 1.54) is 0 Å². The molecule has 0 radical (unpaired) electrons. The van der Waals surface area contributed by atoms with E-state index in [-0.39, 0.29) is 17.0 Å². The first-order valence-corrected chi connectivity index (χ1v) is 12.6. The third-order valence-electron chi connectivity index (χ3n) is 7.56. The zero-order valence-corrected chi connectivity index (χ0v) is 21.1. The summed E-state index contributed by atoms with van der Waals surface area (Å²) in [7, 11) is 0. The van der Waals surface area contributed by atoms with Crippen LogP contribution in [0.3, 0.4) is 0 Å². The van der Waals surface area contributed by atoms with Gasteiger partial charge in [-0.1, -0.05) is 67.9 Å². The van der Waals surface area contributed by atoms with E-state index >= 15 is 0 Å². The summed E-state index contributed by atoms with van der Waals surface area (Å²) < 4.78 is 5.71. The van der Waals surface area contributed by atoms with Crippen LogP contribution in [0.5, 0.6) is 5.75 Å². The van der Waals surface area contributed by atoms with Gasteiger partial charge in [0.25, 0.3) is 0 Å². The smallest absolute Gasteiger partial charge is 0.343 e. The van der Waals surface area contributed by atoms with Gasteiger partial charge in [0.1, 0.15) is 11.5 Å². The van der Waals surface area contributed by atoms with Crippen LogP contribution < -0.4 is 4.74 Å². The standard InChI is InChI=1S/C32H27NO4/c1-18-11-13-19(14-12-18)31(36)37-21-8-6-7-20(15-21)26-27-24(16-32(2,3)17-25(27)34)33-29-22-9-4-5-10-23(22)30(35)28(26)29/h4-15,26-27H,16-17H2,1-3H3/t26-,27?/m0/s1. The molecule has 3 aromatic rings. The number of benzene rings is 3. The minimum atomic E-state index is -0.506. The highest BCUT2D eigenvalue weighted by molar-refractivity contribution is 6.25. The first-order valence-electron chi connectivity index (χ1n) is 12.6. The molecule has 6 rings (SSSR count). The van der Waals surface area contributed by atoms with Gasteiger partial charge in [0, 0.05) is 34.8 Å². The fourth-order valence-electron chi connectivity index (χ4n) is 5.91. The first-order chi connectivity index (χ1) is 17.7. The molecule has 184 valence electrons. The van der Waals surface area contributed by atoms with Crippen LogP contribution in [-0.2, 0) is 4.79 Å². The van der Waals surface area contributed by atoms with Crippen LogP contribution in [0.4, 0.5) is 0 Å². The summed E-state index contributed by atoms with van der Waals surface area (Å²) in [4.78, 5) is 45.0. The lowest BCUT2D eigenvalue weighted by Crippen LogP contribution is -2.43. The molecule has 1 fully saturated rings. The van der Waals surface area contributed by atoms with Crippen LogP contribution in [0.25, 0.3) is 5.70 Å². The molecule has 3 aromatic carbocycles. The van der Waals surface area contributed by atoms with Gasteiger partial charge >= 0.3 is 5.97 Å². The molecule has 1 unspecified atom stereocenters. The van der Waals surface area contributed by atoms with Crippen molar-refractivity contribution < 1.29 is 19.1 Å². The molecule has 1 aliphatic heterocycles. The highest BCUT2D eigenvalue weighted by Gasteiger charge is 2.50. The summed E-state index contributed by atoms with van der Waals surface area (Å²) in [5, 5.41) is 0. The average molecular weight is 490 g/mol. The molecule has 3 aliphatic rings. The molecule has 0 bridgehead atoms. The van der Waals surface area contributed by atoms with Crippen LogP contribution in [0.2, 0.25) is 0 Å². The molecule has 5 heteroatoms. The van der Waals surface area contributed by atoms with Gasteiger partial charge in [-0.2, -0.15) is 0 Å². The third kappa shape index (κ3) is 3.95. The Morgan fingerprint density at radius 3 is 2.38 bits per heavy atom. The van der Waals surface area contributed by atoms with Crippen LogP contribution in [-0.4, -0.2) is 23.2 Å². The number of allylic oxidation sites excluding steroid dienone is 1. The monoisotopic (exact) mass is 489 g/mol. The quantitative estimate of drug-likeness (QED) is 0.317. The predicted octanol–water partition coefficient (Wildman–Crippen LogP) is 6.37. The SMILES string of the molecule is Cc1ccc(C(=O)Oc2cccc([C@@H]3C4=C(N=C5CC(C)(C)CC(=O)C53)c3ccccc3C4=O)c2)cc1. The van der Waals surface area contributed by atoms with Crippen LogP contribution in [0.1, 0.15) is 70.0 Å². The number of esters is 1. The van der Waals surface area contributed by atoms with E-state index in [4.69, 9.17) is 9.73 Å². The largest absolute Gasteiger partial charge is 0.423 e. The van der Waals surface area contributed by atoms with E-state index in [0.717, 1.165) is 22.4 Å². The highest BCUT2D eigenvalue weighted by atomic mass is 16.5. The summed E-state index contributed by atoms with van der Waals surface area (Å²) in [6.45, 7) is 6.13. The van der Waals surface area contributed by atoms with E-state index in [1.807, 2.05) is 55.5 Å². The number of hydrogen-bond donors (Lipinski definition) is 0. The minimum Gasteiger partial charge on any atom is -0.423 e. The minimum absolute atomic E-state index is 0.0851. The summed E-state index contributed by atoms with van der Waals surface area (Å²) in [5.41, 5.74) is 5.59. The normalized spacial score (nSPS) is 21.6. The number of aryl methyl sites for hydroxylation is 1. The Kier molecular flexibility index (Phi) is 5.34. The number of Topliss-reactive ketones (excluding diaryl/α,β-unsaturated/α-hetero) is 2. The molecule has 0 spiro atoms. The fourth-order valence-corrected chi connectivity index (χ4v) is 5.91. The van der Waals surface area contributed by atoms with Crippen molar-refractivity contribution in [1.82, 2.24) is 0 Å². The zero-order chi connectivity index (χ0) is 25.9. The topological polar surface area (TPSA) is 72.8 Å². The Hall–Kier alpha value is -4.12. The van der Waals surface area contributed by atoms with Crippen LogP contribution in [0.15, 0.2) is 83.4 Å². The lowest BCUT2D eigenvalue weighted by atomic mass is 9.63. The Bertz CT molecular complexity index is 1540. The maximum Gasteiger partial charge on any atom is 0.343 e. The van der Waals surface area contributed by atoms with Gasteiger partial charge in [-0.15, -0.1) is 0 Å². The Labute approximate surface area is 215 Å². The van der Waals surface area contributed by atoms with Crippen molar-refractivity contribution in [3.63, 3.8) is 0 Å². The van der Waals surface area contributed by atoms with Gasteiger partial charge in [0.05, 0.1) is 17.2 Å². The number of aliphatic imine (C=N–C) groups is 1. The summed E-state index contributed by atoms with van der Waals surface area (Å²) in [5.74, 6) is -1.06. The van der Waals surface area contributed by atoms with Gasteiger partial charge in [0.2, 0.25) is 0 Å². The van der Waals surface area contributed by atoms with Crippen molar-refractivity contribution in [2.75, 3.05) is 0 Å². The number of rotatable bonds is 3. The number of nitrogens with zero attached hydrogens (tertiary/aromatic N) is 1. The number of hydrogen-bond acceptors (Lipinski definition) is 5. The molecule has 0 aromatic heterocycles. The molecule has 2 atom stereocenters. The molecule has 0 N–H and O–H groups in total. The number of carbonyl (C=O) groups is 3. The van der Waals surface area contributed by atoms with Crippen LogP contribution in [0, 0.1) is 18.3 Å². The molecule has 1 heterocycles. The van der Waals surface area contributed by atoms with Crippen molar-refractivity contribution >= 4 is 28.9 Å². The molecule has 0 saturated heterocycles. The molecule has 0 amide bonds. The van der Waals surface area contributed by atoms with Crippen molar-refractivity contribution in [3.05, 3.63) is 106 Å². The second kappa shape index (κ2) is 8.48. The van der Waals surface area contributed by atoms with E-state index in [1.54, 1.807) is 24.3 Å². The number of carbonyl (C=O) groups excluding carboxylic acids is 3. The van der Waals surface area contributed by atoms with Crippen molar-refractivity contribution in [2.45, 2.75) is 39.5 Å². The molecular weight excluding hydrogens is 462 g/mol. The number of ketones is 2. The van der Waals surface area contributed by atoms with Gasteiger partial charge in [-0.25, -0.2) is 4.79 Å². The van der Waals surface area contributed by atoms with Crippen molar-refractivity contribution in [3.8, 4) is 5.75 Å². The second-order valence-electron chi connectivity index (χ2n) is 11.0. The molecule has 37 heavy (non-hydrogen) atoms. The summed E-state index contributed by atoms with van der Waals surface area (Å²) >= 11 is 0. The maximum atomic E-state index is 13.7. The van der Waals surface area contributed by atoms with E-state index in [2.05, 4.69) is 13.8 Å². The Morgan fingerprint density at radius 2 is 1.62 bits per heavy atom. The van der Waals surface area contributed by atoms with Gasteiger partial charge < -0.3 is 4.74 Å². The van der Waals surface area contributed by atoms with E-state index in [0.29, 0.717) is 41.0 Å². The fraction of sp³-hybridized carbons (Fsp3) is 0.250. The van der Waals surface area contributed by atoms with Gasteiger partial charge in [0.15, 0.2) is 5.78 Å². The average Bonchev–Trinajstić information content (AvgIpc) is 3.14. The van der Waals surface area contributed by atoms with E-state index < -0.39 is 17.8 Å². The van der Waals surface area contributed by atoms with Crippen LogP contribution >= 0.6 is 0 Å². The Balaban J connectivity index is 1.43.